The molecule has 2 bridgehead atoms. The Hall–Kier alpha value is -2.21. The fourth-order valence-corrected chi connectivity index (χ4v) is 7.83. The summed E-state index contributed by atoms with van der Waals surface area (Å²) in [6, 6.07) is 4.07. The molecule has 5 N–H and O–H groups in total. The van der Waals surface area contributed by atoms with E-state index in [1.807, 2.05) is 12.1 Å². The van der Waals surface area contributed by atoms with Crippen LogP contribution in [0, 0.1) is 5.92 Å². The summed E-state index contributed by atoms with van der Waals surface area (Å²) in [5, 5.41) is 45.7. The van der Waals surface area contributed by atoms with E-state index in [1.54, 1.807) is 6.07 Å². The van der Waals surface area contributed by atoms with Crippen LogP contribution in [0.4, 0.5) is 0 Å². The summed E-state index contributed by atoms with van der Waals surface area (Å²) in [6.45, 7) is 3.48. The number of ether oxygens (including phenoxy) is 3. The monoisotopic (exact) mass is 572 g/mol. The molecule has 10 heteroatoms. The zero-order chi connectivity index (χ0) is 28.9. The van der Waals surface area contributed by atoms with Gasteiger partial charge in [0.05, 0.1) is 0 Å². The van der Waals surface area contributed by atoms with Crippen molar-refractivity contribution in [1.29, 1.82) is 0 Å². The summed E-state index contributed by atoms with van der Waals surface area (Å²) in [6.07, 6.45) is 3.19. The molecule has 0 aromatic heterocycles. The lowest BCUT2D eigenvalue weighted by atomic mass is 9.53. The molecule has 1 aromatic carbocycles. The van der Waals surface area contributed by atoms with E-state index in [2.05, 4.69) is 30.3 Å². The van der Waals surface area contributed by atoms with Gasteiger partial charge in [-0.05, 0) is 44.5 Å². The molecule has 41 heavy (non-hydrogen) atoms. The Morgan fingerprint density at radius 3 is 2.66 bits per heavy atom. The first-order valence-corrected chi connectivity index (χ1v) is 15.3. The van der Waals surface area contributed by atoms with Crippen LogP contribution in [0.15, 0.2) is 24.3 Å². The average molecular weight is 573 g/mol. The minimum absolute atomic E-state index is 0.187. The summed E-state index contributed by atoms with van der Waals surface area (Å²) in [5.74, 6) is 0.460. The van der Waals surface area contributed by atoms with Crippen molar-refractivity contribution in [3.63, 3.8) is 0 Å². The second kappa shape index (κ2) is 11.5. The van der Waals surface area contributed by atoms with Gasteiger partial charge in [-0.3, -0.25) is 4.79 Å². The molecule has 3 heterocycles. The molecule has 5 aliphatic rings. The highest BCUT2D eigenvalue weighted by molar-refractivity contribution is 5.81. The Balaban J connectivity index is 1.20. The minimum Gasteiger partial charge on any atom is -0.482 e. The summed E-state index contributed by atoms with van der Waals surface area (Å²) in [5.41, 5.74) is 1.81. The third-order valence-electron chi connectivity index (χ3n) is 10.0. The van der Waals surface area contributed by atoms with E-state index in [0.29, 0.717) is 24.1 Å². The van der Waals surface area contributed by atoms with Gasteiger partial charge in [-0.25, -0.2) is 0 Å². The molecular formula is C31H44N2O8. The van der Waals surface area contributed by atoms with Crippen LogP contribution in [0.25, 0.3) is 0 Å². The summed E-state index contributed by atoms with van der Waals surface area (Å²) < 4.78 is 18.4. The van der Waals surface area contributed by atoms with E-state index < -0.39 is 48.8 Å². The molecule has 5 unspecified atom stereocenters. The van der Waals surface area contributed by atoms with Crippen LogP contribution in [-0.2, 0) is 21.4 Å². The quantitative estimate of drug-likeness (QED) is 0.206. The van der Waals surface area contributed by atoms with Crippen molar-refractivity contribution in [1.82, 2.24) is 10.2 Å². The van der Waals surface area contributed by atoms with Gasteiger partial charge in [-0.2, -0.15) is 0 Å². The Bertz CT molecular complexity index is 1160. The van der Waals surface area contributed by atoms with Gasteiger partial charge in [0.25, 0.3) is 5.91 Å². The molecule has 10 nitrogen and oxygen atoms in total. The fourth-order valence-electron chi connectivity index (χ4n) is 7.83. The lowest BCUT2D eigenvalue weighted by Crippen LogP contribution is -2.64. The molecule has 2 aliphatic carbocycles. The number of hydrogen-bond acceptors (Lipinski definition) is 9. The maximum Gasteiger partial charge on any atom is 0.252 e. The third-order valence-corrected chi connectivity index (χ3v) is 10.0. The molecule has 1 spiro atoms. The van der Waals surface area contributed by atoms with Gasteiger partial charge in [-0.15, -0.1) is 0 Å². The second-order valence-corrected chi connectivity index (χ2v) is 12.5. The van der Waals surface area contributed by atoms with E-state index in [-0.39, 0.29) is 11.3 Å². The van der Waals surface area contributed by atoms with Crippen molar-refractivity contribution in [2.75, 3.05) is 20.1 Å². The minimum atomic E-state index is -1.64. The zero-order valence-electron chi connectivity index (χ0n) is 23.9. The number of nitrogens with zero attached hydrogens (tertiary/aromatic N) is 1. The van der Waals surface area contributed by atoms with Gasteiger partial charge >= 0.3 is 0 Å². The lowest BCUT2D eigenvalue weighted by Gasteiger charge is -2.56. The molecular weight excluding hydrogens is 528 g/mol. The number of likely N-dealkylation sites (N-methyl/N-ethyl adjacent to an activating group) is 1. The molecule has 6 rings (SSSR count). The number of aliphatic hydroxyl groups excluding tert-OH is 4. The standard InChI is InChI=1S/C31H44N2O8/c1-3-4-5-6-7-8-14-32-29(38)27-24(36)23(35)25(37)30(41-27)39-21-12-9-17-16-19-18-10-11-20(34)28-31(18,13-15-33(19)2)22(17)26(21)40-28/h9-12,18-20,23-25,27-28,30,34-37H,3-8,13-16H2,1-2H3,(H,32,38)/t18-,19+,20-,23?,24?,25?,27?,28-,30?,31-/m0/s1. The SMILES string of the molecule is CCCCCCCCNC(=O)C1OC(Oc2ccc3c4c2O[C@H]2[C@@H](O)C=C[C@H]5[C@@H](C3)N(C)CC[C@@]452)C(O)C(O)C1O. The Morgan fingerprint density at radius 1 is 1.07 bits per heavy atom. The van der Waals surface area contributed by atoms with Crippen molar-refractivity contribution >= 4 is 5.91 Å². The Morgan fingerprint density at radius 2 is 1.85 bits per heavy atom. The lowest BCUT2D eigenvalue weighted by molar-refractivity contribution is -0.267. The predicted molar refractivity (Wildman–Crippen MR) is 150 cm³/mol. The number of carbonyl (C=O) groups is 1. The van der Waals surface area contributed by atoms with E-state index >= 15 is 0 Å². The van der Waals surface area contributed by atoms with Crippen LogP contribution in [0.5, 0.6) is 11.5 Å². The zero-order valence-corrected chi connectivity index (χ0v) is 23.9. The summed E-state index contributed by atoms with van der Waals surface area (Å²) in [4.78, 5) is 15.3. The number of likely N-dealkylation sites (tertiary alicyclic amines) is 1. The number of unbranched alkanes of at least 4 members (excludes halogenated alkanes) is 5. The number of aliphatic hydroxyl groups is 4. The number of nitrogens with one attached hydrogen (secondary N) is 1. The average Bonchev–Trinajstić information content (AvgIpc) is 3.32. The van der Waals surface area contributed by atoms with Gasteiger partial charge < -0.3 is 44.9 Å². The van der Waals surface area contributed by atoms with E-state index in [9.17, 15) is 25.2 Å². The Kier molecular flexibility index (Phi) is 8.08. The molecule has 1 amide bonds. The molecule has 2 fully saturated rings. The molecule has 10 atom stereocenters. The maximum absolute atomic E-state index is 12.9. The number of hydrogen-bond donors (Lipinski definition) is 5. The molecule has 3 aliphatic heterocycles. The topological polar surface area (TPSA) is 141 Å². The van der Waals surface area contributed by atoms with Crippen LogP contribution >= 0.6 is 0 Å². The first kappa shape index (κ1) is 28.9. The number of rotatable bonds is 10. The van der Waals surface area contributed by atoms with Crippen LogP contribution in [0.3, 0.4) is 0 Å². The second-order valence-electron chi connectivity index (χ2n) is 12.5. The van der Waals surface area contributed by atoms with E-state index in [4.69, 9.17) is 14.2 Å². The predicted octanol–water partition coefficient (Wildman–Crippen LogP) is 1.16. The van der Waals surface area contributed by atoms with Crippen LogP contribution < -0.4 is 14.8 Å². The smallest absolute Gasteiger partial charge is 0.252 e. The van der Waals surface area contributed by atoms with Gasteiger partial charge in [-0.1, -0.05) is 57.2 Å². The fraction of sp³-hybridized carbons (Fsp3) is 0.710. The highest BCUT2D eigenvalue weighted by Crippen LogP contribution is 2.62. The van der Waals surface area contributed by atoms with E-state index in [1.165, 1.54) is 19.3 Å². The number of amides is 1. The Labute approximate surface area is 241 Å². The van der Waals surface area contributed by atoms with Crippen LogP contribution in [-0.4, -0.2) is 100 Å². The summed E-state index contributed by atoms with van der Waals surface area (Å²) in [7, 11) is 2.15. The molecule has 0 saturated carbocycles. The molecule has 0 radical (unpaired) electrons. The number of carbonyl (C=O) groups excluding carboxylic acids is 1. The van der Waals surface area contributed by atoms with Crippen molar-refractivity contribution < 1.29 is 39.4 Å². The highest BCUT2D eigenvalue weighted by Gasteiger charge is 2.64. The highest BCUT2D eigenvalue weighted by atomic mass is 16.7. The molecule has 2 saturated heterocycles. The van der Waals surface area contributed by atoms with Gasteiger partial charge in [0.1, 0.15) is 30.5 Å². The summed E-state index contributed by atoms with van der Waals surface area (Å²) >= 11 is 0. The van der Waals surface area contributed by atoms with Gasteiger partial charge in [0.2, 0.25) is 6.29 Å². The first-order valence-electron chi connectivity index (χ1n) is 15.3. The van der Waals surface area contributed by atoms with Crippen molar-refractivity contribution in [3.8, 4) is 11.5 Å². The van der Waals surface area contributed by atoms with Gasteiger partial charge in [0, 0.05) is 29.5 Å². The van der Waals surface area contributed by atoms with Gasteiger partial charge in [0.15, 0.2) is 17.6 Å². The molecule has 226 valence electrons. The third kappa shape index (κ3) is 4.77. The molecule has 1 aromatic rings. The number of benzene rings is 1. The van der Waals surface area contributed by atoms with Crippen molar-refractivity contribution in [2.45, 2.75) is 113 Å². The van der Waals surface area contributed by atoms with Crippen molar-refractivity contribution in [2.24, 2.45) is 5.92 Å². The largest absolute Gasteiger partial charge is 0.482 e. The first-order chi connectivity index (χ1) is 19.8. The van der Waals surface area contributed by atoms with E-state index in [0.717, 1.165) is 49.8 Å². The van der Waals surface area contributed by atoms with Crippen LogP contribution in [0.1, 0.15) is 63.0 Å². The normalized spacial score (nSPS) is 38.7. The van der Waals surface area contributed by atoms with Crippen molar-refractivity contribution in [3.05, 3.63) is 35.4 Å². The van der Waals surface area contributed by atoms with Crippen LogP contribution in [0.2, 0.25) is 0 Å². The maximum atomic E-state index is 12.9. The number of piperidine rings is 1.